The van der Waals surface area contributed by atoms with Crippen molar-refractivity contribution < 1.29 is 80.1 Å². The summed E-state index contributed by atoms with van der Waals surface area (Å²) in [6.07, 6.45) is -0.167. The Kier molecular flexibility index (Phi) is 23.3. The minimum absolute atomic E-state index is 0. The molecule has 7 heavy (non-hydrogen) atoms. The molecule has 0 unspecified atom stereocenters. The Morgan fingerprint density at radius 2 is 1.57 bits per heavy atom. The van der Waals surface area contributed by atoms with Crippen molar-refractivity contribution in [3.05, 3.63) is 0 Å². The minimum atomic E-state index is -1.43. The molecular weight excluding hydrogens is 250 g/mol. The van der Waals surface area contributed by atoms with E-state index in [1.165, 1.54) is 0 Å². The fraction of sp³-hybridized carbons (Fsp3) is 0. The standard InChI is InChI=1S/C2H2O3.2Y/c3-1-2(4)5;;/h1H,(H,4,5);;. The van der Waals surface area contributed by atoms with Crippen LogP contribution < -0.4 is 0 Å². The normalized spacial score (nSPS) is 4.57. The number of aldehydes is 1. The first-order valence-electron chi connectivity index (χ1n) is 0.952. The molecule has 0 amide bonds. The number of carboxylic acid groups (broad SMARTS) is 1. The Morgan fingerprint density at radius 1 is 1.43 bits per heavy atom. The van der Waals surface area contributed by atoms with Crippen molar-refractivity contribution in [1.29, 1.82) is 0 Å². The number of aliphatic carboxylic acids is 1. The smallest absolute Gasteiger partial charge is 0.368 e. The van der Waals surface area contributed by atoms with E-state index in [-0.39, 0.29) is 71.7 Å². The van der Waals surface area contributed by atoms with Crippen LogP contribution in [-0.4, -0.2) is 17.4 Å². The van der Waals surface area contributed by atoms with Gasteiger partial charge in [-0.25, -0.2) is 4.79 Å². The van der Waals surface area contributed by atoms with Crippen molar-refractivity contribution in [2.75, 3.05) is 0 Å². The van der Waals surface area contributed by atoms with Crippen LogP contribution in [-0.2, 0) is 75.0 Å². The van der Waals surface area contributed by atoms with E-state index in [9.17, 15) is 0 Å². The number of hydrogen-bond donors (Lipinski definition) is 1. The zero-order valence-corrected chi connectivity index (χ0v) is 9.17. The number of hydrogen-bond acceptors (Lipinski definition) is 2. The van der Waals surface area contributed by atoms with Gasteiger partial charge in [0.2, 0.25) is 6.29 Å². The summed E-state index contributed by atoms with van der Waals surface area (Å²) < 4.78 is 0. The Labute approximate surface area is 91.0 Å². The van der Waals surface area contributed by atoms with Gasteiger partial charge in [0.1, 0.15) is 0 Å². The summed E-state index contributed by atoms with van der Waals surface area (Å²) in [4.78, 5) is 17.9. The monoisotopic (exact) mass is 252 g/mol. The van der Waals surface area contributed by atoms with E-state index in [1.807, 2.05) is 0 Å². The third-order valence-corrected chi connectivity index (χ3v) is 0.101. The summed E-state index contributed by atoms with van der Waals surface area (Å²) in [6.45, 7) is 0. The summed E-state index contributed by atoms with van der Waals surface area (Å²) in [5.74, 6) is -1.43. The fourth-order valence-electron chi connectivity index (χ4n) is 0. The molecular formula is C2H2O3Y2. The molecule has 0 atom stereocenters. The predicted octanol–water partition coefficient (Wildman–Crippen LogP) is -0.735. The number of carbonyl (C=O) groups is 2. The van der Waals surface area contributed by atoms with Gasteiger partial charge in [-0.1, -0.05) is 0 Å². The zero-order valence-electron chi connectivity index (χ0n) is 3.50. The van der Waals surface area contributed by atoms with Crippen LogP contribution in [0.15, 0.2) is 0 Å². The zero-order chi connectivity index (χ0) is 4.28. The summed E-state index contributed by atoms with van der Waals surface area (Å²) in [5, 5.41) is 7.35. The summed E-state index contributed by atoms with van der Waals surface area (Å²) in [7, 11) is 0. The molecule has 0 aromatic heterocycles. The molecule has 0 aromatic rings. The molecule has 0 fully saturated rings. The van der Waals surface area contributed by atoms with E-state index < -0.39 is 5.97 Å². The molecule has 0 saturated carbocycles. The molecule has 0 rings (SSSR count). The summed E-state index contributed by atoms with van der Waals surface area (Å²) in [6, 6.07) is 0. The van der Waals surface area contributed by atoms with Gasteiger partial charge in [-0.3, -0.25) is 4.79 Å². The van der Waals surface area contributed by atoms with E-state index in [2.05, 4.69) is 0 Å². The molecule has 0 aliphatic rings. The molecule has 1 N–H and O–H groups in total. The van der Waals surface area contributed by atoms with E-state index in [1.54, 1.807) is 0 Å². The van der Waals surface area contributed by atoms with Gasteiger partial charge >= 0.3 is 5.97 Å². The average molecular weight is 252 g/mol. The van der Waals surface area contributed by atoms with Gasteiger partial charge in [-0.05, 0) is 0 Å². The van der Waals surface area contributed by atoms with Gasteiger partial charge in [0.25, 0.3) is 0 Å². The van der Waals surface area contributed by atoms with Crippen molar-refractivity contribution in [2.24, 2.45) is 0 Å². The van der Waals surface area contributed by atoms with Crippen LogP contribution in [0, 0.1) is 0 Å². The molecule has 0 aliphatic carbocycles. The van der Waals surface area contributed by atoms with Crippen LogP contribution in [0.4, 0.5) is 0 Å². The molecule has 2 radical (unpaired) electrons. The SMILES string of the molecule is O=CC(=O)O.[Y].[Y]. The van der Waals surface area contributed by atoms with E-state index in [0.29, 0.717) is 0 Å². The quantitative estimate of drug-likeness (QED) is 0.494. The third-order valence-electron chi connectivity index (χ3n) is 0.101. The summed E-state index contributed by atoms with van der Waals surface area (Å²) in [5.41, 5.74) is 0. The molecule has 0 saturated heterocycles. The van der Waals surface area contributed by atoms with Gasteiger partial charge in [0, 0.05) is 65.4 Å². The second-order valence-electron chi connectivity index (χ2n) is 0.456. The third kappa shape index (κ3) is 18.7. The minimum Gasteiger partial charge on any atom is -0.476 e. The maximum Gasteiger partial charge on any atom is 0.368 e. The van der Waals surface area contributed by atoms with Crippen LogP contribution in [0.2, 0.25) is 0 Å². The molecule has 0 spiro atoms. The number of carbonyl (C=O) groups excluding carboxylic acids is 1. The van der Waals surface area contributed by atoms with Crippen LogP contribution >= 0.6 is 0 Å². The maximum absolute atomic E-state index is 9.00. The predicted molar refractivity (Wildman–Crippen MR) is 13.7 cm³/mol. The first kappa shape index (κ1) is 15.8. The molecule has 0 heterocycles. The molecule has 5 heteroatoms. The van der Waals surface area contributed by atoms with Gasteiger partial charge < -0.3 is 5.11 Å². The van der Waals surface area contributed by atoms with Gasteiger partial charge in [-0.15, -0.1) is 0 Å². The van der Waals surface area contributed by atoms with Crippen molar-refractivity contribution in [3.8, 4) is 0 Å². The molecule has 34 valence electrons. The molecule has 3 nitrogen and oxygen atoms in total. The molecule has 0 bridgehead atoms. The van der Waals surface area contributed by atoms with E-state index >= 15 is 0 Å². The summed E-state index contributed by atoms with van der Waals surface area (Å²) >= 11 is 0. The number of carboxylic acids is 1. The van der Waals surface area contributed by atoms with Crippen LogP contribution in [0.25, 0.3) is 0 Å². The van der Waals surface area contributed by atoms with Gasteiger partial charge in [0.05, 0.1) is 0 Å². The topological polar surface area (TPSA) is 54.4 Å². The second-order valence-corrected chi connectivity index (χ2v) is 0.456. The first-order valence-corrected chi connectivity index (χ1v) is 0.952. The van der Waals surface area contributed by atoms with Gasteiger partial charge in [0.15, 0.2) is 0 Å². The molecule has 0 aliphatic heterocycles. The Bertz CT molecular complexity index is 62.0. The average Bonchev–Trinajstić information content (AvgIpc) is 1.38. The fourth-order valence-corrected chi connectivity index (χ4v) is 0. The van der Waals surface area contributed by atoms with Crippen molar-refractivity contribution in [3.63, 3.8) is 0 Å². The van der Waals surface area contributed by atoms with E-state index in [0.717, 1.165) is 0 Å². The first-order chi connectivity index (χ1) is 2.27. The van der Waals surface area contributed by atoms with Crippen molar-refractivity contribution in [2.45, 2.75) is 0 Å². The Hall–Kier alpha value is 1.35. The van der Waals surface area contributed by atoms with Crippen LogP contribution in [0.1, 0.15) is 0 Å². The maximum atomic E-state index is 9.00. The largest absolute Gasteiger partial charge is 0.476 e. The van der Waals surface area contributed by atoms with Crippen LogP contribution in [0.3, 0.4) is 0 Å². The van der Waals surface area contributed by atoms with Crippen molar-refractivity contribution in [1.82, 2.24) is 0 Å². The van der Waals surface area contributed by atoms with Crippen LogP contribution in [0.5, 0.6) is 0 Å². The van der Waals surface area contributed by atoms with Crippen molar-refractivity contribution >= 4 is 12.3 Å². The van der Waals surface area contributed by atoms with Gasteiger partial charge in [-0.2, -0.15) is 0 Å². The Balaban J connectivity index is -0.0000000800. The second kappa shape index (κ2) is 10.4. The molecule has 0 aromatic carbocycles. The van der Waals surface area contributed by atoms with E-state index in [4.69, 9.17) is 14.7 Å². The Morgan fingerprint density at radius 3 is 1.57 bits per heavy atom. The number of rotatable bonds is 1.